The number of halogens is 1. The van der Waals surface area contributed by atoms with E-state index < -0.39 is 17.8 Å². The van der Waals surface area contributed by atoms with E-state index in [1.807, 2.05) is 13.8 Å². The van der Waals surface area contributed by atoms with Gasteiger partial charge in [-0.1, -0.05) is 47.5 Å². The fraction of sp³-hybridized carbons (Fsp3) is 0.179. The Bertz CT molecular complexity index is 1390. The van der Waals surface area contributed by atoms with Crippen LogP contribution in [0, 0.1) is 20.8 Å². The van der Waals surface area contributed by atoms with Crippen LogP contribution in [0.25, 0.3) is 6.08 Å². The number of hydrogen-bond acceptors (Lipinski definition) is 5. The van der Waals surface area contributed by atoms with Crippen LogP contribution in [0.4, 0.5) is 10.5 Å². The molecule has 0 spiro atoms. The Balaban J connectivity index is 1.65. The molecule has 1 saturated heterocycles. The first-order valence-corrected chi connectivity index (χ1v) is 12.0. The average Bonchev–Trinajstić information content (AvgIpc) is 2.81. The number of urea groups is 1. The first-order valence-electron chi connectivity index (χ1n) is 11.2. The third-order valence-corrected chi connectivity index (χ3v) is 6.27. The van der Waals surface area contributed by atoms with Gasteiger partial charge < -0.3 is 9.47 Å². The molecule has 1 fully saturated rings. The second kappa shape index (κ2) is 10.4. The molecule has 1 aliphatic rings. The molecule has 36 heavy (non-hydrogen) atoms. The molecule has 0 aromatic heterocycles. The highest BCUT2D eigenvalue weighted by Gasteiger charge is 2.37. The van der Waals surface area contributed by atoms with Crippen molar-refractivity contribution in [1.82, 2.24) is 5.32 Å². The van der Waals surface area contributed by atoms with Crippen molar-refractivity contribution in [3.63, 3.8) is 0 Å². The number of carbonyl (C=O) groups is 3. The summed E-state index contributed by atoms with van der Waals surface area (Å²) in [5.74, 6) is -0.547. The van der Waals surface area contributed by atoms with Crippen LogP contribution < -0.4 is 19.7 Å². The minimum atomic E-state index is -0.787. The largest absolute Gasteiger partial charge is 0.493 e. The van der Waals surface area contributed by atoms with Gasteiger partial charge >= 0.3 is 6.03 Å². The van der Waals surface area contributed by atoms with Crippen molar-refractivity contribution >= 4 is 45.5 Å². The highest BCUT2D eigenvalue weighted by atomic mass is 79.9. The summed E-state index contributed by atoms with van der Waals surface area (Å²) < 4.78 is 12.2. The Morgan fingerprint density at radius 2 is 1.67 bits per heavy atom. The number of carbonyl (C=O) groups excluding carboxylic acids is 3. The summed E-state index contributed by atoms with van der Waals surface area (Å²) in [7, 11) is 1.51. The Morgan fingerprint density at radius 3 is 2.33 bits per heavy atom. The number of para-hydroxylation sites is 1. The number of hydrogen-bond donors (Lipinski definition) is 1. The normalized spacial score (nSPS) is 14.8. The molecule has 0 atom stereocenters. The van der Waals surface area contributed by atoms with Gasteiger partial charge in [0.1, 0.15) is 12.2 Å². The summed E-state index contributed by atoms with van der Waals surface area (Å²) in [6, 6.07) is 15.8. The van der Waals surface area contributed by atoms with Crippen LogP contribution in [-0.4, -0.2) is 25.0 Å². The lowest BCUT2D eigenvalue weighted by Crippen LogP contribution is -2.54. The van der Waals surface area contributed by atoms with Crippen molar-refractivity contribution < 1.29 is 23.9 Å². The van der Waals surface area contributed by atoms with E-state index in [0.29, 0.717) is 33.8 Å². The second-order valence-electron chi connectivity index (χ2n) is 8.56. The lowest BCUT2D eigenvalue weighted by Gasteiger charge is -2.27. The first-order chi connectivity index (χ1) is 17.2. The zero-order chi connectivity index (χ0) is 26.0. The fourth-order valence-corrected chi connectivity index (χ4v) is 4.70. The van der Waals surface area contributed by atoms with Crippen LogP contribution in [0.3, 0.4) is 0 Å². The SMILES string of the molecule is COc1cc(/C=C2\C(=O)NC(=O)N(c3ccccc3C)C2=O)cc(Br)c1OCc1cc(C)cc(C)c1. The zero-order valence-corrected chi connectivity index (χ0v) is 21.9. The number of barbiturate groups is 1. The minimum absolute atomic E-state index is 0.171. The van der Waals surface area contributed by atoms with Gasteiger partial charge in [0.05, 0.1) is 17.3 Å². The topological polar surface area (TPSA) is 84.9 Å². The molecule has 8 heteroatoms. The summed E-state index contributed by atoms with van der Waals surface area (Å²) in [6.45, 7) is 6.19. The minimum Gasteiger partial charge on any atom is -0.493 e. The monoisotopic (exact) mass is 548 g/mol. The summed E-state index contributed by atoms with van der Waals surface area (Å²) in [6.07, 6.45) is 1.43. The summed E-state index contributed by atoms with van der Waals surface area (Å²) >= 11 is 3.52. The number of rotatable bonds is 6. The smallest absolute Gasteiger partial charge is 0.335 e. The number of nitrogens with zero attached hydrogens (tertiary/aromatic N) is 1. The van der Waals surface area contributed by atoms with Gasteiger partial charge in [0.25, 0.3) is 11.8 Å². The van der Waals surface area contributed by atoms with E-state index in [-0.39, 0.29) is 5.57 Å². The zero-order valence-electron chi connectivity index (χ0n) is 20.3. The average molecular weight is 549 g/mol. The Kier molecular flexibility index (Phi) is 7.26. The van der Waals surface area contributed by atoms with Crippen LogP contribution in [-0.2, 0) is 16.2 Å². The molecule has 0 unspecified atom stereocenters. The van der Waals surface area contributed by atoms with Gasteiger partial charge in [-0.15, -0.1) is 0 Å². The molecule has 4 rings (SSSR count). The van der Waals surface area contributed by atoms with E-state index in [1.54, 1.807) is 43.3 Å². The van der Waals surface area contributed by atoms with Gasteiger partial charge in [-0.05, 0) is 77.7 Å². The molecule has 7 nitrogen and oxygen atoms in total. The number of imide groups is 2. The lowest BCUT2D eigenvalue weighted by molar-refractivity contribution is -0.122. The van der Waals surface area contributed by atoms with Gasteiger partial charge in [-0.3, -0.25) is 14.9 Å². The van der Waals surface area contributed by atoms with Crippen molar-refractivity contribution in [2.75, 3.05) is 12.0 Å². The molecule has 4 amide bonds. The van der Waals surface area contributed by atoms with E-state index in [9.17, 15) is 14.4 Å². The Labute approximate surface area is 217 Å². The van der Waals surface area contributed by atoms with E-state index >= 15 is 0 Å². The van der Waals surface area contributed by atoms with E-state index in [2.05, 4.69) is 39.4 Å². The Morgan fingerprint density at radius 1 is 0.972 bits per heavy atom. The van der Waals surface area contributed by atoms with Crippen molar-refractivity contribution in [2.24, 2.45) is 0 Å². The Hall–Kier alpha value is -3.91. The molecule has 0 bridgehead atoms. The van der Waals surface area contributed by atoms with Gasteiger partial charge in [-0.25, -0.2) is 9.69 Å². The van der Waals surface area contributed by atoms with Crippen molar-refractivity contribution in [2.45, 2.75) is 27.4 Å². The van der Waals surface area contributed by atoms with Gasteiger partial charge in [0.15, 0.2) is 11.5 Å². The number of anilines is 1. The molecular formula is C28H25BrN2O5. The summed E-state index contributed by atoms with van der Waals surface area (Å²) in [5.41, 5.74) is 4.81. The molecule has 3 aromatic rings. The first kappa shape index (κ1) is 25.2. The third kappa shape index (κ3) is 5.18. The number of amides is 4. The highest BCUT2D eigenvalue weighted by molar-refractivity contribution is 9.10. The van der Waals surface area contributed by atoms with Crippen LogP contribution >= 0.6 is 15.9 Å². The standard InChI is InChI=1S/C28H25BrN2O5/c1-16-9-17(2)11-20(10-16)15-36-25-22(29)13-19(14-24(25)35-4)12-21-26(32)30-28(34)31(27(21)33)23-8-6-5-7-18(23)3/h5-14H,15H2,1-4H3,(H,30,32,34)/b21-12+. The van der Waals surface area contributed by atoms with Crippen molar-refractivity contribution in [3.8, 4) is 11.5 Å². The summed E-state index contributed by atoms with van der Waals surface area (Å²) in [4.78, 5) is 39.3. The molecule has 0 aliphatic carbocycles. The molecule has 0 saturated carbocycles. The molecule has 1 aliphatic heterocycles. The third-order valence-electron chi connectivity index (χ3n) is 5.69. The molecule has 1 N–H and O–H groups in total. The van der Waals surface area contributed by atoms with Gasteiger partial charge in [0.2, 0.25) is 0 Å². The molecule has 0 radical (unpaired) electrons. The number of aryl methyl sites for hydroxylation is 3. The lowest BCUT2D eigenvalue weighted by atomic mass is 10.1. The van der Waals surface area contributed by atoms with Crippen LogP contribution in [0.5, 0.6) is 11.5 Å². The van der Waals surface area contributed by atoms with Gasteiger partial charge in [0, 0.05) is 0 Å². The van der Waals surface area contributed by atoms with Crippen molar-refractivity contribution in [3.05, 3.63) is 92.5 Å². The maximum Gasteiger partial charge on any atom is 0.335 e. The van der Waals surface area contributed by atoms with Crippen LogP contribution in [0.15, 0.2) is 64.6 Å². The number of benzene rings is 3. The second-order valence-corrected chi connectivity index (χ2v) is 9.42. The predicted molar refractivity (Wildman–Crippen MR) is 141 cm³/mol. The predicted octanol–water partition coefficient (Wildman–Crippen LogP) is 5.63. The molecule has 184 valence electrons. The van der Waals surface area contributed by atoms with Crippen LogP contribution in [0.1, 0.15) is 27.8 Å². The maximum absolute atomic E-state index is 13.2. The molecule has 1 heterocycles. The van der Waals surface area contributed by atoms with E-state index in [1.165, 1.54) is 13.2 Å². The maximum atomic E-state index is 13.2. The summed E-state index contributed by atoms with van der Waals surface area (Å²) in [5, 5.41) is 2.25. The number of methoxy groups -OCH3 is 1. The number of nitrogens with one attached hydrogen (secondary N) is 1. The van der Waals surface area contributed by atoms with E-state index in [4.69, 9.17) is 9.47 Å². The van der Waals surface area contributed by atoms with E-state index in [0.717, 1.165) is 27.2 Å². The quantitative estimate of drug-likeness (QED) is 0.318. The molecular weight excluding hydrogens is 524 g/mol. The molecule has 3 aromatic carbocycles. The van der Waals surface area contributed by atoms with Crippen molar-refractivity contribution in [1.29, 1.82) is 0 Å². The fourth-order valence-electron chi connectivity index (χ4n) is 4.13. The van der Waals surface area contributed by atoms with Gasteiger partial charge in [-0.2, -0.15) is 0 Å². The van der Waals surface area contributed by atoms with Crippen LogP contribution in [0.2, 0.25) is 0 Å². The highest BCUT2D eigenvalue weighted by Crippen LogP contribution is 2.38. The number of ether oxygens (including phenoxy) is 2.